The quantitative estimate of drug-likeness (QED) is 0.811. The third-order valence-electron chi connectivity index (χ3n) is 4.59. The van der Waals surface area contributed by atoms with E-state index in [1.165, 1.54) is 19.3 Å². The van der Waals surface area contributed by atoms with Crippen molar-refractivity contribution in [2.75, 3.05) is 6.54 Å². The smallest absolute Gasteiger partial charge is 0.0872 e. The Morgan fingerprint density at radius 1 is 1.20 bits per heavy atom. The molecule has 0 saturated heterocycles. The number of nitrogens with two attached hydrogens (primary N) is 1. The lowest BCUT2D eigenvalue weighted by Gasteiger charge is -2.39. The van der Waals surface area contributed by atoms with Gasteiger partial charge in [0, 0.05) is 21.5 Å². The zero-order valence-electron chi connectivity index (χ0n) is 11.7. The van der Waals surface area contributed by atoms with Gasteiger partial charge < -0.3 is 10.8 Å². The first-order valence-corrected chi connectivity index (χ1v) is 8.59. The summed E-state index contributed by atoms with van der Waals surface area (Å²) in [5.74, 6) is 0. The molecule has 1 aliphatic carbocycles. The number of hydrogen-bond acceptors (Lipinski definition) is 2. The van der Waals surface area contributed by atoms with Crippen molar-refractivity contribution in [1.29, 1.82) is 0 Å². The summed E-state index contributed by atoms with van der Waals surface area (Å²) >= 11 is 9.71. The van der Waals surface area contributed by atoms with E-state index in [2.05, 4.69) is 15.9 Å². The normalized spacial score (nSPS) is 21.0. The monoisotopic (exact) mass is 359 g/mol. The molecule has 1 aromatic carbocycles. The van der Waals surface area contributed by atoms with E-state index in [4.69, 9.17) is 17.3 Å². The topological polar surface area (TPSA) is 46.2 Å². The molecule has 4 heteroatoms. The molecular formula is C16H23BrClNO. The first-order valence-electron chi connectivity index (χ1n) is 7.42. The van der Waals surface area contributed by atoms with E-state index in [0.717, 1.165) is 35.7 Å². The summed E-state index contributed by atoms with van der Waals surface area (Å²) in [6.07, 6.45) is 7.45. The van der Waals surface area contributed by atoms with Crippen molar-refractivity contribution in [3.05, 3.63) is 33.3 Å². The van der Waals surface area contributed by atoms with Gasteiger partial charge in [-0.1, -0.05) is 65.7 Å². The van der Waals surface area contributed by atoms with Crippen LogP contribution in [0.5, 0.6) is 0 Å². The summed E-state index contributed by atoms with van der Waals surface area (Å²) in [6.45, 7) is 0.514. The molecule has 112 valence electrons. The van der Waals surface area contributed by atoms with Crippen LogP contribution in [0.25, 0.3) is 0 Å². The maximum absolute atomic E-state index is 10.9. The highest BCUT2D eigenvalue weighted by atomic mass is 79.9. The molecule has 20 heavy (non-hydrogen) atoms. The lowest BCUT2D eigenvalue weighted by atomic mass is 9.70. The van der Waals surface area contributed by atoms with E-state index >= 15 is 0 Å². The van der Waals surface area contributed by atoms with Crippen molar-refractivity contribution < 1.29 is 5.11 Å². The second-order valence-corrected chi connectivity index (χ2v) is 7.23. The van der Waals surface area contributed by atoms with Crippen LogP contribution in [-0.4, -0.2) is 11.7 Å². The Balaban J connectivity index is 2.28. The number of aliphatic hydroxyl groups is 1. The Kier molecular flexibility index (Phi) is 5.91. The minimum Gasteiger partial charge on any atom is -0.388 e. The van der Waals surface area contributed by atoms with E-state index in [-0.39, 0.29) is 5.41 Å². The van der Waals surface area contributed by atoms with Crippen molar-refractivity contribution in [2.24, 2.45) is 11.1 Å². The minimum atomic E-state index is -0.578. The average molecular weight is 361 g/mol. The predicted octanol–water partition coefficient (Wildman–Crippen LogP) is 4.83. The first-order chi connectivity index (χ1) is 9.59. The summed E-state index contributed by atoms with van der Waals surface area (Å²) in [7, 11) is 0. The Hall–Kier alpha value is -0.0900. The van der Waals surface area contributed by atoms with Crippen LogP contribution in [-0.2, 0) is 0 Å². The second kappa shape index (κ2) is 7.26. The van der Waals surface area contributed by atoms with E-state index in [0.29, 0.717) is 11.6 Å². The number of aliphatic hydroxyl groups excluding tert-OH is 1. The third-order valence-corrected chi connectivity index (χ3v) is 5.41. The predicted molar refractivity (Wildman–Crippen MR) is 87.9 cm³/mol. The van der Waals surface area contributed by atoms with Gasteiger partial charge in [-0.2, -0.15) is 0 Å². The van der Waals surface area contributed by atoms with E-state index in [1.807, 2.05) is 18.2 Å². The van der Waals surface area contributed by atoms with E-state index in [9.17, 15) is 5.11 Å². The molecule has 0 amide bonds. The number of hydrogen-bond donors (Lipinski definition) is 2. The van der Waals surface area contributed by atoms with Crippen LogP contribution >= 0.6 is 27.5 Å². The molecule has 1 unspecified atom stereocenters. The maximum atomic E-state index is 10.9. The first kappa shape index (κ1) is 16.3. The Morgan fingerprint density at radius 2 is 1.80 bits per heavy atom. The lowest BCUT2D eigenvalue weighted by Crippen LogP contribution is -2.37. The SMILES string of the molecule is NCC1(C(O)c2ccc(Br)cc2Cl)CCCCCCC1. The van der Waals surface area contributed by atoms with Crippen molar-refractivity contribution in [3.63, 3.8) is 0 Å². The van der Waals surface area contributed by atoms with Gasteiger partial charge in [-0.3, -0.25) is 0 Å². The fourth-order valence-electron chi connectivity index (χ4n) is 3.25. The fraction of sp³-hybridized carbons (Fsp3) is 0.625. The van der Waals surface area contributed by atoms with Gasteiger partial charge in [0.15, 0.2) is 0 Å². The average Bonchev–Trinajstić information content (AvgIpc) is 2.38. The van der Waals surface area contributed by atoms with Gasteiger partial charge in [-0.25, -0.2) is 0 Å². The molecule has 0 bridgehead atoms. The molecular weight excluding hydrogens is 338 g/mol. The minimum absolute atomic E-state index is 0.224. The van der Waals surface area contributed by atoms with Gasteiger partial charge in [0.2, 0.25) is 0 Å². The van der Waals surface area contributed by atoms with Crippen LogP contribution in [0.2, 0.25) is 5.02 Å². The summed E-state index contributed by atoms with van der Waals surface area (Å²) in [4.78, 5) is 0. The summed E-state index contributed by atoms with van der Waals surface area (Å²) < 4.78 is 0.929. The number of benzene rings is 1. The number of rotatable bonds is 3. The summed E-state index contributed by atoms with van der Waals surface area (Å²) in [5.41, 5.74) is 6.65. The molecule has 1 saturated carbocycles. The molecule has 0 aliphatic heterocycles. The Labute approximate surface area is 134 Å². The highest BCUT2D eigenvalue weighted by Gasteiger charge is 2.38. The standard InChI is InChI=1S/C16H23BrClNO/c17-12-6-7-13(14(18)10-12)15(20)16(11-19)8-4-2-1-3-5-9-16/h6-7,10,15,20H,1-5,8-9,11,19H2. The third kappa shape index (κ3) is 3.56. The Morgan fingerprint density at radius 3 is 2.35 bits per heavy atom. The molecule has 1 aliphatic rings. The largest absolute Gasteiger partial charge is 0.388 e. The zero-order chi connectivity index (χ0) is 14.6. The molecule has 1 fully saturated rings. The van der Waals surface area contributed by atoms with Crippen LogP contribution in [0.3, 0.4) is 0 Å². The highest BCUT2D eigenvalue weighted by Crippen LogP contribution is 2.45. The second-order valence-electron chi connectivity index (χ2n) is 5.90. The van der Waals surface area contributed by atoms with Crippen LogP contribution in [0.4, 0.5) is 0 Å². The van der Waals surface area contributed by atoms with Crippen molar-refractivity contribution >= 4 is 27.5 Å². The van der Waals surface area contributed by atoms with E-state index in [1.54, 1.807) is 0 Å². The van der Waals surface area contributed by atoms with Gasteiger partial charge in [-0.15, -0.1) is 0 Å². The molecule has 2 nitrogen and oxygen atoms in total. The fourth-order valence-corrected chi connectivity index (χ4v) is 4.03. The maximum Gasteiger partial charge on any atom is 0.0872 e. The van der Waals surface area contributed by atoms with Gasteiger partial charge in [0.25, 0.3) is 0 Å². The zero-order valence-corrected chi connectivity index (χ0v) is 14.1. The molecule has 3 N–H and O–H groups in total. The van der Waals surface area contributed by atoms with Crippen molar-refractivity contribution in [1.82, 2.24) is 0 Å². The molecule has 0 spiro atoms. The molecule has 0 aromatic heterocycles. The molecule has 1 atom stereocenters. The Bertz CT molecular complexity index is 444. The van der Waals surface area contributed by atoms with Crippen LogP contribution < -0.4 is 5.73 Å². The number of halogens is 2. The molecule has 1 aromatic rings. The molecule has 2 rings (SSSR count). The van der Waals surface area contributed by atoms with Crippen molar-refractivity contribution in [3.8, 4) is 0 Å². The molecule has 0 heterocycles. The van der Waals surface area contributed by atoms with Gasteiger partial charge in [-0.05, 0) is 30.5 Å². The van der Waals surface area contributed by atoms with E-state index < -0.39 is 6.10 Å². The van der Waals surface area contributed by atoms with Crippen LogP contribution in [0, 0.1) is 5.41 Å². The van der Waals surface area contributed by atoms with Gasteiger partial charge in [0.05, 0.1) is 6.10 Å². The van der Waals surface area contributed by atoms with Gasteiger partial charge in [0.1, 0.15) is 0 Å². The lowest BCUT2D eigenvalue weighted by molar-refractivity contribution is 0.00855. The highest BCUT2D eigenvalue weighted by molar-refractivity contribution is 9.10. The van der Waals surface area contributed by atoms with Crippen LogP contribution in [0.1, 0.15) is 56.6 Å². The molecule has 0 radical (unpaired) electrons. The van der Waals surface area contributed by atoms with Gasteiger partial charge >= 0.3 is 0 Å². The summed E-state index contributed by atoms with van der Waals surface area (Å²) in [6, 6.07) is 5.68. The summed E-state index contributed by atoms with van der Waals surface area (Å²) in [5, 5.41) is 11.5. The van der Waals surface area contributed by atoms with Crippen molar-refractivity contribution in [2.45, 2.75) is 51.0 Å². The van der Waals surface area contributed by atoms with Crippen LogP contribution in [0.15, 0.2) is 22.7 Å².